The lowest BCUT2D eigenvalue weighted by molar-refractivity contribution is 0.189. The molecule has 0 aliphatic heterocycles. The van der Waals surface area contributed by atoms with Crippen molar-refractivity contribution < 1.29 is 4.74 Å². The molecule has 2 aromatic carbocycles. The zero-order chi connectivity index (χ0) is 13.5. The van der Waals surface area contributed by atoms with Crippen LogP contribution >= 0.6 is 0 Å². The minimum atomic E-state index is 0.409. The van der Waals surface area contributed by atoms with Gasteiger partial charge >= 0.3 is 0 Å². The van der Waals surface area contributed by atoms with Crippen LogP contribution in [0.4, 0.5) is 0 Å². The monoisotopic (exact) mass is 257 g/mol. The van der Waals surface area contributed by atoms with E-state index >= 15 is 0 Å². The predicted octanol–water partition coefficient (Wildman–Crippen LogP) is 3.92. The molecule has 0 aliphatic carbocycles. The summed E-state index contributed by atoms with van der Waals surface area (Å²) in [6.07, 6.45) is 2.19. The highest BCUT2D eigenvalue weighted by molar-refractivity contribution is 5.86. The normalized spacial score (nSPS) is 12.7. The Balaban J connectivity index is 2.27. The molecule has 2 heteroatoms. The smallest absolute Gasteiger partial charge is 0.0462 e. The van der Waals surface area contributed by atoms with Crippen molar-refractivity contribution in [2.24, 2.45) is 0 Å². The first-order chi connectivity index (χ1) is 9.36. The lowest BCUT2D eigenvalue weighted by Gasteiger charge is -2.20. The summed E-state index contributed by atoms with van der Waals surface area (Å²) in [6.45, 7) is 3.97. The summed E-state index contributed by atoms with van der Waals surface area (Å²) in [7, 11) is 1.76. The van der Waals surface area contributed by atoms with Crippen LogP contribution in [-0.4, -0.2) is 20.3 Å². The molecule has 0 saturated heterocycles. The lowest BCUT2D eigenvalue weighted by atomic mass is 9.96. The van der Waals surface area contributed by atoms with Gasteiger partial charge in [-0.3, -0.25) is 0 Å². The molecule has 0 amide bonds. The summed E-state index contributed by atoms with van der Waals surface area (Å²) in [4.78, 5) is 0. The molecule has 2 rings (SSSR count). The van der Waals surface area contributed by atoms with Crippen LogP contribution in [0.2, 0.25) is 0 Å². The van der Waals surface area contributed by atoms with Crippen molar-refractivity contribution >= 4 is 10.8 Å². The number of methoxy groups -OCH3 is 1. The molecule has 0 aromatic heterocycles. The van der Waals surface area contributed by atoms with Crippen LogP contribution in [0.15, 0.2) is 42.5 Å². The predicted molar refractivity (Wildman–Crippen MR) is 81.5 cm³/mol. The van der Waals surface area contributed by atoms with Crippen LogP contribution in [0.3, 0.4) is 0 Å². The van der Waals surface area contributed by atoms with E-state index in [1.165, 1.54) is 16.3 Å². The van der Waals surface area contributed by atoms with Gasteiger partial charge in [0.05, 0.1) is 0 Å². The van der Waals surface area contributed by atoms with Gasteiger partial charge in [-0.15, -0.1) is 0 Å². The van der Waals surface area contributed by atoms with Gasteiger partial charge in [0.25, 0.3) is 0 Å². The highest BCUT2D eigenvalue weighted by atomic mass is 16.5. The maximum atomic E-state index is 5.17. The quantitative estimate of drug-likeness (QED) is 0.759. The van der Waals surface area contributed by atoms with Crippen LogP contribution in [0.25, 0.3) is 10.8 Å². The van der Waals surface area contributed by atoms with Crippen molar-refractivity contribution in [2.45, 2.75) is 25.8 Å². The highest BCUT2D eigenvalue weighted by Gasteiger charge is 2.12. The molecule has 1 N–H and O–H groups in total. The highest BCUT2D eigenvalue weighted by Crippen LogP contribution is 2.27. The Bertz CT molecular complexity index is 504. The third-order valence-electron chi connectivity index (χ3n) is 3.49. The van der Waals surface area contributed by atoms with Gasteiger partial charge in [-0.2, -0.15) is 0 Å². The molecule has 0 bridgehead atoms. The molecule has 1 atom stereocenters. The van der Waals surface area contributed by atoms with Crippen molar-refractivity contribution in [1.82, 2.24) is 5.32 Å². The standard InChI is InChI=1S/C17H23NO/c1-3-18-17(12-7-13-19-2)16-11-6-9-14-8-4-5-10-15(14)16/h4-6,8-11,17-18H,3,7,12-13H2,1-2H3. The van der Waals surface area contributed by atoms with E-state index < -0.39 is 0 Å². The van der Waals surface area contributed by atoms with E-state index in [1.54, 1.807) is 7.11 Å². The van der Waals surface area contributed by atoms with Crippen molar-refractivity contribution in [2.75, 3.05) is 20.3 Å². The largest absolute Gasteiger partial charge is 0.385 e. The van der Waals surface area contributed by atoms with Gasteiger partial charge in [-0.1, -0.05) is 49.4 Å². The Labute approximate surface area is 115 Å². The van der Waals surface area contributed by atoms with E-state index in [1.807, 2.05) is 0 Å². The van der Waals surface area contributed by atoms with Crippen LogP contribution in [0, 0.1) is 0 Å². The summed E-state index contributed by atoms with van der Waals surface area (Å²) >= 11 is 0. The number of rotatable bonds is 7. The number of ether oxygens (including phenoxy) is 1. The summed E-state index contributed by atoms with van der Waals surface area (Å²) in [5.41, 5.74) is 1.40. The maximum absolute atomic E-state index is 5.17. The summed E-state index contributed by atoms with van der Waals surface area (Å²) in [6, 6.07) is 15.6. The second-order valence-electron chi connectivity index (χ2n) is 4.81. The van der Waals surface area contributed by atoms with E-state index in [-0.39, 0.29) is 0 Å². The number of hydrogen-bond acceptors (Lipinski definition) is 2. The molecule has 19 heavy (non-hydrogen) atoms. The summed E-state index contributed by atoms with van der Waals surface area (Å²) < 4.78 is 5.17. The van der Waals surface area contributed by atoms with E-state index in [0.717, 1.165) is 26.0 Å². The van der Waals surface area contributed by atoms with Gasteiger partial charge < -0.3 is 10.1 Å². The molecule has 2 nitrogen and oxygen atoms in total. The van der Waals surface area contributed by atoms with E-state index in [2.05, 4.69) is 54.7 Å². The maximum Gasteiger partial charge on any atom is 0.0462 e. The zero-order valence-corrected chi connectivity index (χ0v) is 11.9. The summed E-state index contributed by atoms with van der Waals surface area (Å²) in [5.74, 6) is 0. The van der Waals surface area contributed by atoms with Crippen molar-refractivity contribution in [1.29, 1.82) is 0 Å². The first-order valence-electron chi connectivity index (χ1n) is 7.06. The van der Waals surface area contributed by atoms with E-state index in [4.69, 9.17) is 4.74 Å². The SMILES string of the molecule is CCNC(CCCOC)c1cccc2ccccc12. The van der Waals surface area contributed by atoms with E-state index in [9.17, 15) is 0 Å². The topological polar surface area (TPSA) is 21.3 Å². The van der Waals surface area contributed by atoms with Crippen molar-refractivity contribution in [3.8, 4) is 0 Å². The Hall–Kier alpha value is -1.38. The number of nitrogens with one attached hydrogen (secondary N) is 1. The fourth-order valence-corrected chi connectivity index (χ4v) is 2.60. The second-order valence-corrected chi connectivity index (χ2v) is 4.81. The number of fused-ring (bicyclic) bond motifs is 1. The lowest BCUT2D eigenvalue weighted by Crippen LogP contribution is -2.21. The van der Waals surface area contributed by atoms with Crippen molar-refractivity contribution in [3.63, 3.8) is 0 Å². The first kappa shape index (κ1) is 14.0. The van der Waals surface area contributed by atoms with Crippen LogP contribution in [0.1, 0.15) is 31.4 Å². The molecule has 0 spiro atoms. The fourth-order valence-electron chi connectivity index (χ4n) is 2.60. The number of hydrogen-bond donors (Lipinski definition) is 1. The van der Waals surface area contributed by atoms with E-state index in [0.29, 0.717) is 6.04 Å². The molecular weight excluding hydrogens is 234 g/mol. The molecule has 0 saturated carbocycles. The Morgan fingerprint density at radius 3 is 2.68 bits per heavy atom. The Morgan fingerprint density at radius 2 is 1.89 bits per heavy atom. The molecular formula is C17H23NO. The van der Waals surface area contributed by atoms with Crippen LogP contribution in [-0.2, 0) is 4.74 Å². The van der Waals surface area contributed by atoms with Crippen LogP contribution < -0.4 is 5.32 Å². The molecule has 0 radical (unpaired) electrons. The van der Waals surface area contributed by atoms with Crippen LogP contribution in [0.5, 0.6) is 0 Å². The van der Waals surface area contributed by atoms with Gasteiger partial charge in [0.15, 0.2) is 0 Å². The van der Waals surface area contributed by atoms with Gasteiger partial charge in [0, 0.05) is 19.8 Å². The minimum absolute atomic E-state index is 0.409. The molecule has 0 fully saturated rings. The number of benzene rings is 2. The fraction of sp³-hybridized carbons (Fsp3) is 0.412. The van der Waals surface area contributed by atoms with Gasteiger partial charge in [-0.25, -0.2) is 0 Å². The third kappa shape index (κ3) is 3.55. The zero-order valence-electron chi connectivity index (χ0n) is 11.9. The first-order valence-corrected chi connectivity index (χ1v) is 7.06. The summed E-state index contributed by atoms with van der Waals surface area (Å²) in [5, 5.41) is 6.26. The minimum Gasteiger partial charge on any atom is -0.385 e. The van der Waals surface area contributed by atoms with Gasteiger partial charge in [0.1, 0.15) is 0 Å². The molecule has 0 heterocycles. The molecule has 0 aliphatic rings. The van der Waals surface area contributed by atoms with Gasteiger partial charge in [-0.05, 0) is 35.7 Å². The Kier molecular flexibility index (Phi) is 5.37. The van der Waals surface area contributed by atoms with Gasteiger partial charge in [0.2, 0.25) is 0 Å². The third-order valence-corrected chi connectivity index (χ3v) is 3.49. The van der Waals surface area contributed by atoms with Crippen molar-refractivity contribution in [3.05, 3.63) is 48.0 Å². The molecule has 1 unspecified atom stereocenters. The average molecular weight is 257 g/mol. The average Bonchev–Trinajstić information content (AvgIpc) is 2.46. The molecule has 102 valence electrons. The Morgan fingerprint density at radius 1 is 1.11 bits per heavy atom. The molecule has 2 aromatic rings. The second kappa shape index (κ2) is 7.27.